The van der Waals surface area contributed by atoms with Gasteiger partial charge < -0.3 is 14.5 Å². The van der Waals surface area contributed by atoms with E-state index in [9.17, 15) is 0 Å². The quantitative estimate of drug-likeness (QED) is 0.513. The van der Waals surface area contributed by atoms with E-state index in [1.165, 1.54) is 4.70 Å². The predicted molar refractivity (Wildman–Crippen MR) is 115 cm³/mol. The van der Waals surface area contributed by atoms with E-state index in [-0.39, 0.29) is 0 Å². The number of benzene rings is 1. The second kappa shape index (κ2) is 7.47. The molecule has 4 heterocycles. The average Bonchev–Trinajstić information content (AvgIpc) is 3.29. The molecule has 0 spiro atoms. The van der Waals surface area contributed by atoms with E-state index < -0.39 is 0 Å². The zero-order chi connectivity index (χ0) is 19.8. The summed E-state index contributed by atoms with van der Waals surface area (Å²) in [7, 11) is 1.69. The Morgan fingerprint density at radius 2 is 1.97 bits per heavy atom. The molecule has 0 radical (unpaired) electrons. The fourth-order valence-corrected chi connectivity index (χ4v) is 4.80. The number of fused-ring (bicyclic) bond motifs is 2. The third-order valence-electron chi connectivity index (χ3n) is 5.34. The summed E-state index contributed by atoms with van der Waals surface area (Å²) in [5.74, 6) is 2.72. The summed E-state index contributed by atoms with van der Waals surface area (Å²) in [6.45, 7) is 5.78. The van der Waals surface area contributed by atoms with E-state index in [0.29, 0.717) is 0 Å². The van der Waals surface area contributed by atoms with Crippen LogP contribution in [-0.4, -0.2) is 57.9 Å². The van der Waals surface area contributed by atoms with Crippen molar-refractivity contribution in [3.05, 3.63) is 36.4 Å². The summed E-state index contributed by atoms with van der Waals surface area (Å²) in [6, 6.07) is 6.07. The van der Waals surface area contributed by atoms with Crippen LogP contribution in [0, 0.1) is 0 Å². The molecule has 0 N–H and O–H groups in total. The first kappa shape index (κ1) is 18.1. The second-order valence-corrected chi connectivity index (χ2v) is 8.08. The fraction of sp³-hybridized carbons (Fsp3) is 0.400. The van der Waals surface area contributed by atoms with Gasteiger partial charge in [0.1, 0.15) is 11.6 Å². The molecule has 0 unspecified atom stereocenters. The van der Waals surface area contributed by atoms with E-state index in [2.05, 4.69) is 38.0 Å². The number of methoxy groups -OCH3 is 1. The number of hydrogen-bond acceptors (Lipinski definition) is 8. The lowest BCUT2D eigenvalue weighted by Gasteiger charge is -2.22. The standard InChI is InChI=1S/C20H23N7OS/c1-3-17-23-24-19-18(21-7-10-27(17)19)25-8-4-9-26(12-11-25)20-22-15-13-14(28-2)5-6-16(15)29-20/h5-7,10,13H,3-4,8-9,11-12H2,1-2H3. The number of nitrogens with zero attached hydrogens (tertiary/aromatic N) is 7. The van der Waals surface area contributed by atoms with Crippen LogP contribution in [0.15, 0.2) is 30.6 Å². The summed E-state index contributed by atoms with van der Waals surface area (Å²) in [5, 5.41) is 9.77. The van der Waals surface area contributed by atoms with E-state index in [1.54, 1.807) is 18.4 Å². The molecule has 1 aromatic carbocycles. The van der Waals surface area contributed by atoms with Crippen molar-refractivity contribution in [2.24, 2.45) is 0 Å². The first-order chi connectivity index (χ1) is 14.3. The minimum Gasteiger partial charge on any atom is -0.497 e. The van der Waals surface area contributed by atoms with Crippen LogP contribution in [0.5, 0.6) is 5.75 Å². The molecular formula is C20H23N7OS. The highest BCUT2D eigenvalue weighted by Crippen LogP contribution is 2.32. The normalized spacial score (nSPS) is 15.2. The number of hydrogen-bond donors (Lipinski definition) is 0. The maximum Gasteiger partial charge on any atom is 0.203 e. The van der Waals surface area contributed by atoms with Gasteiger partial charge in [-0.2, -0.15) is 0 Å². The van der Waals surface area contributed by atoms with Gasteiger partial charge in [-0.3, -0.25) is 4.40 Å². The lowest BCUT2D eigenvalue weighted by Crippen LogP contribution is -2.31. The highest BCUT2D eigenvalue weighted by Gasteiger charge is 2.21. The van der Waals surface area contributed by atoms with E-state index in [4.69, 9.17) is 9.72 Å². The van der Waals surface area contributed by atoms with Crippen molar-refractivity contribution in [3.63, 3.8) is 0 Å². The molecule has 150 valence electrons. The van der Waals surface area contributed by atoms with Crippen LogP contribution in [0.4, 0.5) is 10.9 Å². The fourth-order valence-electron chi connectivity index (χ4n) is 3.80. The highest BCUT2D eigenvalue weighted by molar-refractivity contribution is 7.22. The van der Waals surface area contributed by atoms with Crippen LogP contribution < -0.4 is 14.5 Å². The van der Waals surface area contributed by atoms with Gasteiger partial charge in [-0.1, -0.05) is 18.3 Å². The summed E-state index contributed by atoms with van der Waals surface area (Å²) >= 11 is 1.74. The molecule has 1 fully saturated rings. The van der Waals surface area contributed by atoms with Crippen molar-refractivity contribution < 1.29 is 4.74 Å². The SMILES string of the molecule is CCc1nnc2c(N3CCCN(c4nc5cc(OC)ccc5s4)CC3)nccn12. The van der Waals surface area contributed by atoms with Crippen LogP contribution in [-0.2, 0) is 6.42 Å². The zero-order valence-corrected chi connectivity index (χ0v) is 17.4. The Balaban J connectivity index is 1.39. The van der Waals surface area contributed by atoms with Crippen molar-refractivity contribution in [2.45, 2.75) is 19.8 Å². The Morgan fingerprint density at radius 1 is 1.10 bits per heavy atom. The molecule has 0 saturated carbocycles. The number of rotatable bonds is 4. The lowest BCUT2D eigenvalue weighted by molar-refractivity contribution is 0.415. The van der Waals surface area contributed by atoms with Crippen molar-refractivity contribution in [1.82, 2.24) is 24.6 Å². The average molecular weight is 410 g/mol. The van der Waals surface area contributed by atoms with Gasteiger partial charge in [0, 0.05) is 51.1 Å². The predicted octanol–water partition coefficient (Wildman–Crippen LogP) is 3.02. The maximum atomic E-state index is 5.33. The molecule has 0 amide bonds. The lowest BCUT2D eigenvalue weighted by atomic mass is 10.3. The van der Waals surface area contributed by atoms with Crippen molar-refractivity contribution in [3.8, 4) is 5.75 Å². The smallest absolute Gasteiger partial charge is 0.203 e. The highest BCUT2D eigenvalue weighted by atomic mass is 32.1. The van der Waals surface area contributed by atoms with Gasteiger partial charge in [0.2, 0.25) is 5.65 Å². The molecular weight excluding hydrogens is 386 g/mol. The van der Waals surface area contributed by atoms with Crippen LogP contribution in [0.3, 0.4) is 0 Å². The Morgan fingerprint density at radius 3 is 2.83 bits per heavy atom. The molecule has 9 heteroatoms. The maximum absolute atomic E-state index is 5.33. The Hall–Kier alpha value is -2.94. The Labute approximate surface area is 172 Å². The topological polar surface area (TPSA) is 71.7 Å². The van der Waals surface area contributed by atoms with Gasteiger partial charge in [-0.25, -0.2) is 9.97 Å². The van der Waals surface area contributed by atoms with Crippen molar-refractivity contribution in [1.29, 1.82) is 0 Å². The van der Waals surface area contributed by atoms with Crippen LogP contribution >= 0.6 is 11.3 Å². The third-order valence-corrected chi connectivity index (χ3v) is 6.44. The minimum absolute atomic E-state index is 0.838. The second-order valence-electron chi connectivity index (χ2n) is 7.07. The molecule has 29 heavy (non-hydrogen) atoms. The van der Waals surface area contributed by atoms with Gasteiger partial charge in [-0.15, -0.1) is 10.2 Å². The molecule has 8 nitrogen and oxygen atoms in total. The van der Waals surface area contributed by atoms with Crippen molar-refractivity contribution >= 4 is 38.2 Å². The number of aryl methyl sites for hydroxylation is 1. The number of anilines is 2. The summed E-state index contributed by atoms with van der Waals surface area (Å²) in [6.07, 6.45) is 5.67. The number of ether oxygens (including phenoxy) is 1. The van der Waals surface area contributed by atoms with E-state index in [1.807, 2.05) is 28.9 Å². The molecule has 0 bridgehead atoms. The Bertz CT molecular complexity index is 1150. The van der Waals surface area contributed by atoms with Gasteiger partial charge in [0.15, 0.2) is 10.9 Å². The first-order valence-corrected chi connectivity index (χ1v) is 10.7. The van der Waals surface area contributed by atoms with Crippen LogP contribution in [0.2, 0.25) is 0 Å². The third kappa shape index (κ3) is 3.25. The van der Waals surface area contributed by atoms with Gasteiger partial charge >= 0.3 is 0 Å². The van der Waals surface area contributed by atoms with E-state index in [0.717, 1.165) is 72.7 Å². The van der Waals surface area contributed by atoms with Gasteiger partial charge in [0.05, 0.1) is 17.3 Å². The molecule has 0 atom stereocenters. The monoisotopic (exact) mass is 409 g/mol. The first-order valence-electron chi connectivity index (χ1n) is 9.90. The number of thiazole rings is 1. The molecule has 1 aliphatic heterocycles. The summed E-state index contributed by atoms with van der Waals surface area (Å²) in [5.41, 5.74) is 1.83. The molecule has 4 aromatic rings. The van der Waals surface area contributed by atoms with Gasteiger partial charge in [-0.05, 0) is 18.6 Å². The minimum atomic E-state index is 0.838. The Kier molecular flexibility index (Phi) is 4.67. The summed E-state index contributed by atoms with van der Waals surface area (Å²) < 4.78 is 8.56. The largest absolute Gasteiger partial charge is 0.497 e. The van der Waals surface area contributed by atoms with Crippen molar-refractivity contribution in [2.75, 3.05) is 43.1 Å². The van der Waals surface area contributed by atoms with E-state index >= 15 is 0 Å². The number of aromatic nitrogens is 5. The molecule has 1 aliphatic rings. The van der Waals surface area contributed by atoms with Crippen LogP contribution in [0.25, 0.3) is 15.9 Å². The molecule has 3 aromatic heterocycles. The van der Waals surface area contributed by atoms with Gasteiger partial charge in [0.25, 0.3) is 0 Å². The molecule has 1 saturated heterocycles. The molecule has 0 aliphatic carbocycles. The zero-order valence-electron chi connectivity index (χ0n) is 16.6. The van der Waals surface area contributed by atoms with Crippen LogP contribution in [0.1, 0.15) is 19.2 Å². The molecule has 5 rings (SSSR count). The summed E-state index contributed by atoms with van der Waals surface area (Å²) in [4.78, 5) is 14.2.